The van der Waals surface area contributed by atoms with E-state index in [1.807, 2.05) is 0 Å². The summed E-state index contributed by atoms with van der Waals surface area (Å²) in [4.78, 5) is 10.6. The van der Waals surface area contributed by atoms with Crippen molar-refractivity contribution in [3.8, 4) is 0 Å². The first-order chi connectivity index (χ1) is 6.91. The molecule has 0 spiro atoms. The van der Waals surface area contributed by atoms with E-state index in [1.54, 1.807) is 0 Å². The van der Waals surface area contributed by atoms with E-state index in [2.05, 4.69) is 6.58 Å². The van der Waals surface area contributed by atoms with Gasteiger partial charge in [-0.05, 0) is 17.7 Å². The zero-order valence-electron chi connectivity index (χ0n) is 7.56. The second-order valence-corrected chi connectivity index (χ2v) is 4.18. The Morgan fingerprint density at radius 2 is 1.73 bits per heavy atom. The molecule has 0 heterocycles. The van der Waals surface area contributed by atoms with Crippen LogP contribution in [0.4, 0.5) is 0 Å². The molecular weight excluding hydrogens is 258 g/mol. The van der Waals surface area contributed by atoms with Gasteiger partial charge in [0.15, 0.2) is 0 Å². The summed E-state index contributed by atoms with van der Waals surface area (Å²) in [5.41, 5.74) is 0.552. The molecule has 0 aliphatic heterocycles. The van der Waals surface area contributed by atoms with Crippen LogP contribution in [-0.4, -0.2) is 11.1 Å². The average Bonchev–Trinajstić information content (AvgIpc) is 2.10. The number of carbonyl (C=O) groups is 1. The third-order valence-corrected chi connectivity index (χ3v) is 2.69. The molecule has 0 atom stereocenters. The predicted octanol–water partition coefficient (Wildman–Crippen LogP) is 3.83. The van der Waals surface area contributed by atoms with Crippen LogP contribution < -0.4 is 0 Å². The number of carboxylic acid groups (broad SMARTS) is 1. The largest absolute Gasteiger partial charge is 0.478 e. The van der Waals surface area contributed by atoms with Gasteiger partial charge in [-0.25, -0.2) is 4.79 Å². The molecule has 0 radical (unpaired) electrons. The van der Waals surface area contributed by atoms with E-state index in [0.29, 0.717) is 20.6 Å². The molecule has 0 bridgehead atoms. The zero-order chi connectivity index (χ0) is 11.6. The molecule has 1 aromatic rings. The Bertz CT molecular complexity index is 404. The molecular formula is C10H7Cl3O2. The molecule has 2 nitrogen and oxygen atoms in total. The normalized spacial score (nSPS) is 10.1. The molecule has 1 aromatic carbocycles. The lowest BCUT2D eigenvalue weighted by Gasteiger charge is -2.07. The van der Waals surface area contributed by atoms with Crippen LogP contribution in [0.1, 0.15) is 5.56 Å². The van der Waals surface area contributed by atoms with Gasteiger partial charge in [-0.3, -0.25) is 0 Å². The smallest absolute Gasteiger partial charge is 0.331 e. The van der Waals surface area contributed by atoms with Gasteiger partial charge in [0.2, 0.25) is 0 Å². The number of halogens is 3. The van der Waals surface area contributed by atoms with Crippen LogP contribution in [0.5, 0.6) is 0 Å². The molecule has 0 aromatic heterocycles. The third kappa shape index (κ3) is 3.13. The van der Waals surface area contributed by atoms with E-state index in [1.165, 1.54) is 12.1 Å². The minimum Gasteiger partial charge on any atom is -0.478 e. The summed E-state index contributed by atoms with van der Waals surface area (Å²) in [5.74, 6) is -1.07. The van der Waals surface area contributed by atoms with Crippen molar-refractivity contribution >= 4 is 40.8 Å². The van der Waals surface area contributed by atoms with Crippen molar-refractivity contribution in [2.75, 3.05) is 0 Å². The van der Waals surface area contributed by atoms with Crippen LogP contribution in [0.15, 0.2) is 24.3 Å². The van der Waals surface area contributed by atoms with Crippen LogP contribution in [-0.2, 0) is 11.2 Å². The molecule has 0 fully saturated rings. The lowest BCUT2D eigenvalue weighted by atomic mass is 10.1. The Balaban J connectivity index is 3.05. The summed E-state index contributed by atoms with van der Waals surface area (Å²) in [7, 11) is 0. The molecule has 0 aliphatic rings. The summed E-state index contributed by atoms with van der Waals surface area (Å²) >= 11 is 17.5. The maximum Gasteiger partial charge on any atom is 0.331 e. The lowest BCUT2D eigenvalue weighted by molar-refractivity contribution is -0.132. The van der Waals surface area contributed by atoms with E-state index in [9.17, 15) is 4.79 Å². The van der Waals surface area contributed by atoms with Crippen LogP contribution in [0.25, 0.3) is 0 Å². The van der Waals surface area contributed by atoms with E-state index in [0.717, 1.165) is 0 Å². The van der Waals surface area contributed by atoms with Gasteiger partial charge in [0.1, 0.15) is 0 Å². The van der Waals surface area contributed by atoms with Gasteiger partial charge >= 0.3 is 5.97 Å². The molecule has 0 saturated carbocycles. The van der Waals surface area contributed by atoms with E-state index >= 15 is 0 Å². The molecule has 15 heavy (non-hydrogen) atoms. The predicted molar refractivity (Wildman–Crippen MR) is 62.0 cm³/mol. The minimum absolute atomic E-state index is 0.0288. The SMILES string of the molecule is C=C(Cc1c(Cl)cc(Cl)cc1Cl)C(=O)O. The van der Waals surface area contributed by atoms with Crippen molar-refractivity contribution in [1.82, 2.24) is 0 Å². The first-order valence-corrected chi connectivity index (χ1v) is 5.09. The van der Waals surface area contributed by atoms with Crippen molar-refractivity contribution in [3.05, 3.63) is 44.9 Å². The van der Waals surface area contributed by atoms with Crippen molar-refractivity contribution < 1.29 is 9.90 Å². The Morgan fingerprint density at radius 3 is 2.13 bits per heavy atom. The lowest BCUT2D eigenvalue weighted by Crippen LogP contribution is -2.03. The molecule has 0 unspecified atom stereocenters. The summed E-state index contributed by atoms with van der Waals surface area (Å²) in [5, 5.41) is 9.76. The Hall–Kier alpha value is -0.700. The van der Waals surface area contributed by atoms with Crippen molar-refractivity contribution in [2.24, 2.45) is 0 Å². The van der Waals surface area contributed by atoms with Crippen molar-refractivity contribution in [3.63, 3.8) is 0 Å². The van der Waals surface area contributed by atoms with E-state index in [4.69, 9.17) is 39.9 Å². The molecule has 0 amide bonds. The quantitative estimate of drug-likeness (QED) is 0.843. The highest BCUT2D eigenvalue weighted by Gasteiger charge is 2.12. The molecule has 5 heteroatoms. The van der Waals surface area contributed by atoms with Crippen LogP contribution in [0.3, 0.4) is 0 Å². The number of hydrogen-bond acceptors (Lipinski definition) is 1. The Morgan fingerprint density at radius 1 is 1.27 bits per heavy atom. The number of aliphatic carboxylic acids is 1. The highest BCUT2D eigenvalue weighted by molar-refractivity contribution is 6.39. The van der Waals surface area contributed by atoms with Crippen LogP contribution in [0, 0.1) is 0 Å². The molecule has 0 saturated heterocycles. The van der Waals surface area contributed by atoms with Gasteiger partial charge in [-0.2, -0.15) is 0 Å². The molecule has 1 rings (SSSR count). The summed E-state index contributed by atoms with van der Waals surface area (Å²) in [6, 6.07) is 3.03. The minimum atomic E-state index is -1.07. The van der Waals surface area contributed by atoms with Gasteiger partial charge in [-0.15, -0.1) is 0 Å². The molecule has 1 N–H and O–H groups in total. The number of hydrogen-bond donors (Lipinski definition) is 1. The monoisotopic (exact) mass is 264 g/mol. The number of benzene rings is 1. The first-order valence-electron chi connectivity index (χ1n) is 3.96. The summed E-state index contributed by atoms with van der Waals surface area (Å²) < 4.78 is 0. The second kappa shape index (κ2) is 4.88. The van der Waals surface area contributed by atoms with E-state index in [-0.39, 0.29) is 12.0 Å². The fraction of sp³-hybridized carbons (Fsp3) is 0.100. The standard InChI is InChI=1S/C10H7Cl3O2/c1-5(10(14)15)2-7-8(12)3-6(11)4-9(7)13/h3-4H,1-2H2,(H,14,15). The second-order valence-electron chi connectivity index (χ2n) is 2.93. The fourth-order valence-electron chi connectivity index (χ4n) is 1.03. The summed E-state index contributed by atoms with van der Waals surface area (Å²) in [6.07, 6.45) is 0.101. The van der Waals surface area contributed by atoms with Gasteiger partial charge in [0, 0.05) is 27.1 Å². The highest BCUT2D eigenvalue weighted by Crippen LogP contribution is 2.30. The zero-order valence-corrected chi connectivity index (χ0v) is 9.83. The topological polar surface area (TPSA) is 37.3 Å². The molecule has 80 valence electrons. The van der Waals surface area contributed by atoms with Crippen LogP contribution >= 0.6 is 34.8 Å². The summed E-state index contributed by atoms with van der Waals surface area (Å²) in [6.45, 7) is 3.40. The van der Waals surface area contributed by atoms with E-state index < -0.39 is 5.97 Å². The molecule has 0 aliphatic carbocycles. The van der Waals surface area contributed by atoms with Gasteiger partial charge < -0.3 is 5.11 Å². The first kappa shape index (κ1) is 12.4. The van der Waals surface area contributed by atoms with Gasteiger partial charge in [0.05, 0.1) is 0 Å². The van der Waals surface area contributed by atoms with Crippen molar-refractivity contribution in [2.45, 2.75) is 6.42 Å². The fourth-order valence-corrected chi connectivity index (χ4v) is 1.98. The number of rotatable bonds is 3. The average molecular weight is 266 g/mol. The van der Waals surface area contributed by atoms with Gasteiger partial charge in [-0.1, -0.05) is 41.4 Å². The van der Waals surface area contributed by atoms with Gasteiger partial charge in [0.25, 0.3) is 0 Å². The Kier molecular flexibility index (Phi) is 4.03. The maximum absolute atomic E-state index is 10.6. The maximum atomic E-state index is 10.6. The highest BCUT2D eigenvalue weighted by atomic mass is 35.5. The van der Waals surface area contributed by atoms with Crippen molar-refractivity contribution in [1.29, 1.82) is 0 Å². The van der Waals surface area contributed by atoms with Crippen LogP contribution in [0.2, 0.25) is 15.1 Å². The Labute approximate surface area is 102 Å². The number of carboxylic acids is 1. The third-order valence-electron chi connectivity index (χ3n) is 1.80.